The van der Waals surface area contributed by atoms with E-state index in [2.05, 4.69) is 39.8 Å². The second kappa shape index (κ2) is 13.8. The highest BCUT2D eigenvalue weighted by molar-refractivity contribution is 6.39. The molecule has 3 atom stereocenters. The molecule has 8 nitrogen and oxygen atoms in total. The molecular weight excluding hydrogens is 685 g/mol. The zero-order valence-electron chi connectivity index (χ0n) is 28.7. The van der Waals surface area contributed by atoms with Crippen molar-refractivity contribution in [3.05, 3.63) is 93.0 Å². The molecule has 3 N–H and O–H groups in total. The van der Waals surface area contributed by atoms with E-state index in [-0.39, 0.29) is 30.0 Å². The van der Waals surface area contributed by atoms with Gasteiger partial charge < -0.3 is 25.2 Å². The molecule has 2 aliphatic heterocycles. The minimum atomic E-state index is -0.728. The third-order valence-corrected chi connectivity index (χ3v) is 12.1. The Balaban J connectivity index is 1.09. The van der Waals surface area contributed by atoms with Gasteiger partial charge in [-0.05, 0) is 66.5 Å². The molecule has 4 aromatic carbocycles. The zero-order chi connectivity index (χ0) is 35.4. The number of nitrogens with one attached hydrogen (secondary N) is 2. The van der Waals surface area contributed by atoms with Crippen LogP contribution in [0, 0.1) is 5.92 Å². The third kappa shape index (κ3) is 6.16. The number of carboxylic acid groups (broad SMARTS) is 1. The van der Waals surface area contributed by atoms with Gasteiger partial charge in [0.1, 0.15) is 11.5 Å². The number of rotatable bonds is 10. The first-order chi connectivity index (χ1) is 24.7. The first kappa shape index (κ1) is 34.0. The summed E-state index contributed by atoms with van der Waals surface area (Å²) >= 11 is 14.5. The average molecular weight is 727 g/mol. The first-order valence-corrected chi connectivity index (χ1v) is 18.5. The van der Waals surface area contributed by atoms with Gasteiger partial charge in [-0.3, -0.25) is 14.5 Å². The topological polar surface area (TPSA) is 100 Å². The number of aliphatic carboxylic acids is 1. The molecule has 0 unspecified atom stereocenters. The van der Waals surface area contributed by atoms with Crippen molar-refractivity contribution in [2.75, 3.05) is 33.9 Å². The first-order valence-electron chi connectivity index (χ1n) is 17.7. The fraction of sp³-hybridized carbons (Fsp3) is 0.366. The smallest absolute Gasteiger partial charge is 0.309 e. The number of carboxylic acids is 1. The highest BCUT2D eigenvalue weighted by Crippen LogP contribution is 2.49. The molecule has 2 saturated heterocycles. The SMILES string of the molecule is COc1cc(-c2cccc(-c3cccc(-c4cc5c(c(OC)c4)[C@@H](N4CC(C(=O)O)C4)CC5)c3Cl)c2Cl)cc2c1[C@@H](NC[C@@H]1CCC(=O)N1)CC2. The van der Waals surface area contributed by atoms with Gasteiger partial charge in [0.15, 0.2) is 0 Å². The minimum absolute atomic E-state index is 0.127. The predicted molar refractivity (Wildman–Crippen MR) is 200 cm³/mol. The van der Waals surface area contributed by atoms with Crippen LogP contribution in [-0.4, -0.2) is 61.8 Å². The van der Waals surface area contributed by atoms with Gasteiger partial charge >= 0.3 is 5.97 Å². The molecule has 4 aliphatic rings. The molecule has 4 aromatic rings. The number of fused-ring (bicyclic) bond motifs is 2. The fourth-order valence-corrected chi connectivity index (χ4v) is 9.29. The lowest BCUT2D eigenvalue weighted by molar-refractivity contribution is -0.148. The fourth-order valence-electron chi connectivity index (χ4n) is 8.62. The summed E-state index contributed by atoms with van der Waals surface area (Å²) in [5.74, 6) is 0.733. The lowest BCUT2D eigenvalue weighted by atomic mass is 9.92. The number of nitrogens with zero attached hydrogens (tertiary/aromatic N) is 1. The molecule has 0 saturated carbocycles. The van der Waals surface area contributed by atoms with Gasteiger partial charge in [0.2, 0.25) is 5.91 Å². The summed E-state index contributed by atoms with van der Waals surface area (Å²) in [6, 6.07) is 21.2. The summed E-state index contributed by atoms with van der Waals surface area (Å²) < 4.78 is 11.9. The highest BCUT2D eigenvalue weighted by atomic mass is 35.5. The number of carbonyl (C=O) groups excluding carboxylic acids is 1. The molecule has 2 heterocycles. The Morgan fingerprint density at radius 1 is 0.824 bits per heavy atom. The molecule has 0 spiro atoms. The van der Waals surface area contributed by atoms with Gasteiger partial charge in [0.25, 0.3) is 0 Å². The molecule has 2 fully saturated rings. The van der Waals surface area contributed by atoms with Crippen molar-refractivity contribution < 1.29 is 24.2 Å². The van der Waals surface area contributed by atoms with E-state index in [1.165, 1.54) is 16.7 Å². The summed E-state index contributed by atoms with van der Waals surface area (Å²) in [4.78, 5) is 25.4. The van der Waals surface area contributed by atoms with Crippen LogP contribution in [0.5, 0.6) is 11.5 Å². The van der Waals surface area contributed by atoms with Gasteiger partial charge in [0.05, 0.1) is 30.2 Å². The van der Waals surface area contributed by atoms with E-state index in [1.807, 2.05) is 36.4 Å². The van der Waals surface area contributed by atoms with Crippen LogP contribution in [0.1, 0.15) is 60.0 Å². The Hall–Kier alpha value is -4.08. The maximum absolute atomic E-state index is 11.7. The van der Waals surface area contributed by atoms with E-state index in [0.717, 1.165) is 89.1 Å². The standard InChI is InChI=1S/C41H41Cl2N3O5/c1-50-34-17-24(15-22-9-12-32(37(22)34)44-19-27-11-14-36(47)45-27)28-5-3-7-30(39(28)42)31-8-4-6-29(40(31)43)25-16-23-10-13-33(38(23)35(18-25)51-2)46-20-26(21-46)41(48)49/h3-8,15-18,26-27,32-33,44H,9-14,19-21H2,1-2H3,(H,45,47)(H,48,49)/t27-,32-,33-/m0/s1. The summed E-state index contributed by atoms with van der Waals surface area (Å²) in [5, 5.41) is 17.4. The predicted octanol–water partition coefficient (Wildman–Crippen LogP) is 7.87. The molecule has 1 amide bonds. The van der Waals surface area contributed by atoms with Crippen molar-refractivity contribution in [3.8, 4) is 44.9 Å². The molecule has 0 aromatic heterocycles. The van der Waals surface area contributed by atoms with E-state index in [9.17, 15) is 14.7 Å². The molecule has 0 bridgehead atoms. The number of aryl methyl sites for hydroxylation is 2. The summed E-state index contributed by atoms with van der Waals surface area (Å²) in [5.41, 5.74) is 10.2. The van der Waals surface area contributed by atoms with E-state index < -0.39 is 5.97 Å². The van der Waals surface area contributed by atoms with Crippen molar-refractivity contribution >= 4 is 35.1 Å². The largest absolute Gasteiger partial charge is 0.496 e. The molecule has 8 rings (SSSR count). The number of hydrogen-bond acceptors (Lipinski definition) is 6. The molecule has 264 valence electrons. The molecule has 51 heavy (non-hydrogen) atoms. The van der Waals surface area contributed by atoms with Crippen LogP contribution in [0.25, 0.3) is 33.4 Å². The summed E-state index contributed by atoms with van der Waals surface area (Å²) in [7, 11) is 3.40. The second-order valence-electron chi connectivity index (χ2n) is 14.2. The van der Waals surface area contributed by atoms with Crippen LogP contribution in [0.2, 0.25) is 10.0 Å². The van der Waals surface area contributed by atoms with Crippen molar-refractivity contribution in [2.24, 2.45) is 5.92 Å². The molecule has 0 radical (unpaired) electrons. The van der Waals surface area contributed by atoms with Crippen LogP contribution in [-0.2, 0) is 22.4 Å². The van der Waals surface area contributed by atoms with Crippen molar-refractivity contribution in [1.82, 2.24) is 15.5 Å². The lowest BCUT2D eigenvalue weighted by Crippen LogP contribution is -2.51. The van der Waals surface area contributed by atoms with Crippen LogP contribution in [0.4, 0.5) is 0 Å². The number of methoxy groups -OCH3 is 2. The minimum Gasteiger partial charge on any atom is -0.496 e. The number of carbonyl (C=O) groups is 2. The Morgan fingerprint density at radius 2 is 1.39 bits per heavy atom. The van der Waals surface area contributed by atoms with E-state index in [1.54, 1.807) is 14.2 Å². The number of ether oxygens (including phenoxy) is 2. The van der Waals surface area contributed by atoms with Crippen LogP contribution < -0.4 is 20.1 Å². The van der Waals surface area contributed by atoms with E-state index in [0.29, 0.717) is 29.6 Å². The quantitative estimate of drug-likeness (QED) is 0.153. The Morgan fingerprint density at radius 3 is 1.96 bits per heavy atom. The maximum Gasteiger partial charge on any atom is 0.309 e. The average Bonchev–Trinajstić information content (AvgIpc) is 3.84. The van der Waals surface area contributed by atoms with Crippen molar-refractivity contribution in [1.29, 1.82) is 0 Å². The number of halogens is 2. The molecule has 2 aliphatic carbocycles. The Labute approximate surface area is 308 Å². The van der Waals surface area contributed by atoms with Crippen LogP contribution >= 0.6 is 23.2 Å². The lowest BCUT2D eigenvalue weighted by Gasteiger charge is -2.41. The number of hydrogen-bond donors (Lipinski definition) is 3. The normalized spacial score (nSPS) is 21.3. The van der Waals surface area contributed by atoms with Crippen LogP contribution in [0.3, 0.4) is 0 Å². The second-order valence-corrected chi connectivity index (χ2v) is 14.9. The van der Waals surface area contributed by atoms with Gasteiger partial charge in [-0.15, -0.1) is 0 Å². The summed E-state index contributed by atoms with van der Waals surface area (Å²) in [6.07, 6.45) is 5.17. The number of amides is 1. The van der Waals surface area contributed by atoms with Crippen molar-refractivity contribution in [2.45, 2.75) is 56.7 Å². The molecular formula is C41H41Cl2N3O5. The molecule has 10 heteroatoms. The Kier molecular flexibility index (Phi) is 9.21. The Bertz CT molecular complexity index is 2040. The van der Waals surface area contributed by atoms with E-state index >= 15 is 0 Å². The van der Waals surface area contributed by atoms with Gasteiger partial charge in [-0.25, -0.2) is 0 Å². The van der Waals surface area contributed by atoms with E-state index in [4.69, 9.17) is 32.7 Å². The third-order valence-electron chi connectivity index (χ3n) is 11.3. The van der Waals surface area contributed by atoms with Crippen LogP contribution in [0.15, 0.2) is 60.7 Å². The van der Waals surface area contributed by atoms with Gasteiger partial charge in [-0.1, -0.05) is 71.7 Å². The van der Waals surface area contributed by atoms with Crippen molar-refractivity contribution in [3.63, 3.8) is 0 Å². The zero-order valence-corrected chi connectivity index (χ0v) is 30.2. The highest BCUT2D eigenvalue weighted by Gasteiger charge is 2.41. The number of benzene rings is 4. The monoisotopic (exact) mass is 725 g/mol. The van der Waals surface area contributed by atoms with Gasteiger partial charge in [0, 0.05) is 77.6 Å². The number of likely N-dealkylation sites (tertiary alicyclic amines) is 1. The summed E-state index contributed by atoms with van der Waals surface area (Å²) in [6.45, 7) is 1.87. The maximum atomic E-state index is 11.7. The van der Waals surface area contributed by atoms with Gasteiger partial charge in [-0.2, -0.15) is 0 Å².